The van der Waals surface area contributed by atoms with E-state index in [1.807, 2.05) is 4.90 Å². The molecule has 0 aliphatic carbocycles. The van der Waals surface area contributed by atoms with Crippen molar-refractivity contribution in [1.29, 1.82) is 0 Å². The first-order chi connectivity index (χ1) is 5.38. The first kappa shape index (κ1) is 9.95. The van der Waals surface area contributed by atoms with E-state index in [0.717, 1.165) is 13.1 Å². The maximum Gasteiger partial charge on any atom is 0.222 e. The second-order valence-corrected chi connectivity index (χ2v) is 5.42. The van der Waals surface area contributed by atoms with Gasteiger partial charge in [0.2, 0.25) is 10.0 Å². The molecule has 1 rings (SSSR count). The molecule has 1 aliphatic rings. The van der Waals surface area contributed by atoms with Crippen molar-refractivity contribution < 1.29 is 8.42 Å². The number of nitrogens with zero attached hydrogens (tertiary/aromatic N) is 1. The van der Waals surface area contributed by atoms with E-state index in [-0.39, 0.29) is 5.88 Å². The lowest BCUT2D eigenvalue weighted by atomic mass is 9.89. The minimum atomic E-state index is -3.31. The summed E-state index contributed by atoms with van der Waals surface area (Å²) in [5.74, 6) is 1.30. The minimum Gasteiger partial charge on any atom is -0.288 e. The van der Waals surface area contributed by atoms with E-state index in [9.17, 15) is 8.42 Å². The smallest absolute Gasteiger partial charge is 0.222 e. The van der Waals surface area contributed by atoms with Crippen molar-refractivity contribution in [3.05, 3.63) is 0 Å². The fourth-order valence-corrected chi connectivity index (χ4v) is 2.11. The maximum absolute atomic E-state index is 10.6. The molecule has 1 heterocycles. The molecule has 0 bridgehead atoms. The third kappa shape index (κ3) is 2.73. The quantitative estimate of drug-likeness (QED) is 0.674. The number of likely N-dealkylation sites (tertiary alicyclic amines) is 1. The van der Waals surface area contributed by atoms with E-state index in [1.54, 1.807) is 0 Å². The van der Waals surface area contributed by atoms with E-state index in [1.165, 1.54) is 0 Å². The molecule has 5 heteroatoms. The summed E-state index contributed by atoms with van der Waals surface area (Å²) >= 11 is 0. The standard InChI is InChI=1S/C7H16N2O2S/c1-6(2)7-3-9(4-7)5-12(8,10)11/h6-7H,3-5H2,1-2H3,(H2,8,10,11). The van der Waals surface area contributed by atoms with Gasteiger partial charge in [0, 0.05) is 13.1 Å². The number of rotatable bonds is 3. The summed E-state index contributed by atoms with van der Waals surface area (Å²) in [5.41, 5.74) is 0. The Kier molecular flexibility index (Phi) is 2.75. The summed E-state index contributed by atoms with van der Waals surface area (Å²) in [6.07, 6.45) is 0. The predicted octanol–water partition coefficient (Wildman–Crippen LogP) is -0.180. The molecule has 0 spiro atoms. The van der Waals surface area contributed by atoms with Crippen molar-refractivity contribution >= 4 is 10.0 Å². The molecule has 1 saturated heterocycles. The molecule has 0 aromatic rings. The number of primary sulfonamides is 1. The second-order valence-electron chi connectivity index (χ2n) is 3.83. The lowest BCUT2D eigenvalue weighted by Gasteiger charge is -2.40. The van der Waals surface area contributed by atoms with E-state index >= 15 is 0 Å². The van der Waals surface area contributed by atoms with E-state index in [4.69, 9.17) is 5.14 Å². The molecule has 2 N–H and O–H groups in total. The molecule has 0 saturated carbocycles. The first-order valence-electron chi connectivity index (χ1n) is 4.11. The molecule has 0 atom stereocenters. The van der Waals surface area contributed by atoms with Gasteiger partial charge in [0.1, 0.15) is 5.88 Å². The van der Waals surface area contributed by atoms with Gasteiger partial charge in [0.15, 0.2) is 0 Å². The van der Waals surface area contributed by atoms with Crippen LogP contribution in [0.5, 0.6) is 0 Å². The number of hydrogen-bond donors (Lipinski definition) is 1. The summed E-state index contributed by atoms with van der Waals surface area (Å²) in [6, 6.07) is 0. The van der Waals surface area contributed by atoms with E-state index in [2.05, 4.69) is 13.8 Å². The first-order valence-corrected chi connectivity index (χ1v) is 5.83. The molecule has 1 fully saturated rings. The Morgan fingerprint density at radius 1 is 1.50 bits per heavy atom. The Morgan fingerprint density at radius 3 is 2.33 bits per heavy atom. The maximum atomic E-state index is 10.6. The molecule has 0 aromatic heterocycles. The van der Waals surface area contributed by atoms with Crippen LogP contribution < -0.4 is 5.14 Å². The summed E-state index contributed by atoms with van der Waals surface area (Å²) in [6.45, 7) is 6.04. The largest absolute Gasteiger partial charge is 0.288 e. The Labute approximate surface area is 73.8 Å². The van der Waals surface area contributed by atoms with Crippen molar-refractivity contribution in [2.24, 2.45) is 17.0 Å². The molecule has 0 amide bonds. The zero-order valence-corrected chi connectivity index (χ0v) is 8.34. The van der Waals surface area contributed by atoms with Crippen LogP contribution in [0, 0.1) is 11.8 Å². The Morgan fingerprint density at radius 2 is 2.00 bits per heavy atom. The third-order valence-electron chi connectivity index (χ3n) is 2.29. The molecule has 0 unspecified atom stereocenters. The molecular weight excluding hydrogens is 176 g/mol. The summed E-state index contributed by atoms with van der Waals surface area (Å²) < 4.78 is 21.3. The zero-order chi connectivity index (χ0) is 9.35. The van der Waals surface area contributed by atoms with Crippen LogP contribution in [0.4, 0.5) is 0 Å². The lowest BCUT2D eigenvalue weighted by Crippen LogP contribution is -2.51. The molecule has 1 aliphatic heterocycles. The van der Waals surface area contributed by atoms with Gasteiger partial charge in [0.05, 0.1) is 0 Å². The van der Waals surface area contributed by atoms with Crippen LogP contribution in [0.25, 0.3) is 0 Å². The zero-order valence-electron chi connectivity index (χ0n) is 7.53. The molecule has 0 aromatic carbocycles. The minimum absolute atomic E-state index is 0.0101. The third-order valence-corrected chi connectivity index (χ3v) is 3.02. The van der Waals surface area contributed by atoms with Crippen molar-refractivity contribution in [2.75, 3.05) is 19.0 Å². The van der Waals surface area contributed by atoms with Crippen molar-refractivity contribution in [3.63, 3.8) is 0 Å². The number of nitrogens with two attached hydrogens (primary N) is 1. The van der Waals surface area contributed by atoms with Gasteiger partial charge in [0.25, 0.3) is 0 Å². The van der Waals surface area contributed by atoms with Gasteiger partial charge in [-0.1, -0.05) is 13.8 Å². The highest BCUT2D eigenvalue weighted by molar-refractivity contribution is 7.89. The monoisotopic (exact) mass is 192 g/mol. The summed E-state index contributed by atoms with van der Waals surface area (Å²) in [4.78, 5) is 1.86. The molecule has 12 heavy (non-hydrogen) atoms. The van der Waals surface area contributed by atoms with Gasteiger partial charge >= 0.3 is 0 Å². The van der Waals surface area contributed by atoms with Crippen LogP contribution in [0.3, 0.4) is 0 Å². The van der Waals surface area contributed by atoms with Gasteiger partial charge in [-0.2, -0.15) is 0 Å². The van der Waals surface area contributed by atoms with Crippen molar-refractivity contribution in [1.82, 2.24) is 4.90 Å². The highest BCUT2D eigenvalue weighted by Crippen LogP contribution is 2.22. The van der Waals surface area contributed by atoms with E-state index in [0.29, 0.717) is 11.8 Å². The predicted molar refractivity (Wildman–Crippen MR) is 47.9 cm³/mol. The van der Waals surface area contributed by atoms with Gasteiger partial charge < -0.3 is 0 Å². The van der Waals surface area contributed by atoms with Gasteiger partial charge in [-0.25, -0.2) is 13.6 Å². The average molecular weight is 192 g/mol. The fourth-order valence-electron chi connectivity index (χ4n) is 1.39. The Balaban J connectivity index is 2.27. The lowest BCUT2D eigenvalue weighted by molar-refractivity contribution is 0.0876. The van der Waals surface area contributed by atoms with Gasteiger partial charge in [-0.15, -0.1) is 0 Å². The average Bonchev–Trinajstić information content (AvgIpc) is 1.74. The van der Waals surface area contributed by atoms with Crippen molar-refractivity contribution in [3.8, 4) is 0 Å². The fraction of sp³-hybridized carbons (Fsp3) is 1.00. The van der Waals surface area contributed by atoms with Crippen LogP contribution in [0.2, 0.25) is 0 Å². The van der Waals surface area contributed by atoms with Gasteiger partial charge in [-0.05, 0) is 11.8 Å². The Bertz CT molecular complexity index is 242. The van der Waals surface area contributed by atoms with Crippen LogP contribution >= 0.6 is 0 Å². The highest BCUT2D eigenvalue weighted by Gasteiger charge is 2.30. The van der Waals surface area contributed by atoms with Gasteiger partial charge in [-0.3, -0.25) is 4.90 Å². The van der Waals surface area contributed by atoms with Crippen LogP contribution in [-0.2, 0) is 10.0 Å². The highest BCUT2D eigenvalue weighted by atomic mass is 32.2. The van der Waals surface area contributed by atoms with Crippen molar-refractivity contribution in [2.45, 2.75) is 13.8 Å². The number of sulfonamides is 1. The van der Waals surface area contributed by atoms with E-state index < -0.39 is 10.0 Å². The SMILES string of the molecule is CC(C)C1CN(CS(N)(=O)=O)C1. The Hall–Kier alpha value is -0.130. The van der Waals surface area contributed by atoms with Crippen LogP contribution in [-0.4, -0.2) is 32.3 Å². The second kappa shape index (κ2) is 3.32. The summed E-state index contributed by atoms with van der Waals surface area (Å²) in [7, 11) is -3.31. The normalized spacial score (nSPS) is 21.3. The molecule has 72 valence electrons. The topological polar surface area (TPSA) is 63.4 Å². The van der Waals surface area contributed by atoms with Crippen LogP contribution in [0.1, 0.15) is 13.8 Å². The molecular formula is C7H16N2O2S. The van der Waals surface area contributed by atoms with Crippen LogP contribution in [0.15, 0.2) is 0 Å². The molecule has 0 radical (unpaired) electrons. The number of hydrogen-bond acceptors (Lipinski definition) is 3. The molecule has 4 nitrogen and oxygen atoms in total. The summed E-state index contributed by atoms with van der Waals surface area (Å²) in [5, 5.41) is 4.90.